The Morgan fingerprint density at radius 3 is 2.73 bits per heavy atom. The van der Waals surface area contributed by atoms with E-state index >= 15 is 0 Å². The van der Waals surface area contributed by atoms with Crippen LogP contribution in [0.5, 0.6) is 0 Å². The standard InChI is InChI=1S/C17H23N3O2/c1-17(11-21,12-22)10-20-9-16(18-19-20)15-8-4-6-13-5-2-3-7-14(13)15/h4,6,8-9,21-22H,2-3,5,7,10-12H2,1H3. The molecule has 2 N–H and O–H groups in total. The quantitative estimate of drug-likeness (QED) is 0.883. The summed E-state index contributed by atoms with van der Waals surface area (Å²) in [6.45, 7) is 2.11. The fourth-order valence-electron chi connectivity index (χ4n) is 3.06. The van der Waals surface area contributed by atoms with Gasteiger partial charge in [0.1, 0.15) is 5.69 Å². The molecule has 5 nitrogen and oxygen atoms in total. The van der Waals surface area contributed by atoms with Gasteiger partial charge in [0.25, 0.3) is 0 Å². The number of aromatic nitrogens is 3. The van der Waals surface area contributed by atoms with E-state index in [2.05, 4.69) is 28.5 Å². The van der Waals surface area contributed by atoms with Crippen LogP contribution in [0.1, 0.15) is 30.9 Å². The Morgan fingerprint density at radius 1 is 1.18 bits per heavy atom. The molecule has 3 rings (SSSR count). The van der Waals surface area contributed by atoms with Crippen LogP contribution in [-0.2, 0) is 19.4 Å². The lowest BCUT2D eigenvalue weighted by Gasteiger charge is -2.23. The first-order valence-electron chi connectivity index (χ1n) is 7.88. The van der Waals surface area contributed by atoms with Crippen molar-refractivity contribution in [1.29, 1.82) is 0 Å². The molecule has 0 fully saturated rings. The Hall–Kier alpha value is -1.72. The summed E-state index contributed by atoms with van der Waals surface area (Å²) in [6.07, 6.45) is 6.64. The van der Waals surface area contributed by atoms with Crippen molar-refractivity contribution in [2.45, 2.75) is 39.2 Å². The molecule has 0 unspecified atom stereocenters. The average Bonchev–Trinajstić information content (AvgIpc) is 3.02. The van der Waals surface area contributed by atoms with E-state index in [9.17, 15) is 10.2 Å². The van der Waals surface area contributed by atoms with E-state index in [1.807, 2.05) is 13.1 Å². The second-order valence-electron chi connectivity index (χ2n) is 6.58. The van der Waals surface area contributed by atoms with Crippen molar-refractivity contribution in [2.75, 3.05) is 13.2 Å². The van der Waals surface area contributed by atoms with Crippen LogP contribution < -0.4 is 0 Å². The summed E-state index contributed by atoms with van der Waals surface area (Å²) in [5.41, 5.74) is 4.28. The molecule has 0 atom stereocenters. The number of aliphatic hydroxyl groups excluding tert-OH is 2. The number of aliphatic hydroxyl groups is 2. The van der Waals surface area contributed by atoms with E-state index in [0.717, 1.165) is 24.1 Å². The maximum Gasteiger partial charge on any atom is 0.113 e. The summed E-state index contributed by atoms with van der Waals surface area (Å²) in [4.78, 5) is 0. The normalized spacial score (nSPS) is 14.9. The zero-order valence-electron chi connectivity index (χ0n) is 13.0. The third kappa shape index (κ3) is 2.91. The number of hydrogen-bond acceptors (Lipinski definition) is 4. The molecule has 0 saturated carbocycles. The smallest absolute Gasteiger partial charge is 0.113 e. The molecule has 5 heteroatoms. The number of rotatable bonds is 5. The Morgan fingerprint density at radius 2 is 1.95 bits per heavy atom. The van der Waals surface area contributed by atoms with E-state index in [1.165, 1.54) is 24.0 Å². The molecule has 0 spiro atoms. The van der Waals surface area contributed by atoms with Crippen molar-refractivity contribution >= 4 is 0 Å². The summed E-state index contributed by atoms with van der Waals surface area (Å²) >= 11 is 0. The summed E-state index contributed by atoms with van der Waals surface area (Å²) in [5, 5.41) is 27.3. The van der Waals surface area contributed by atoms with Crippen LogP contribution in [0, 0.1) is 5.41 Å². The van der Waals surface area contributed by atoms with Crippen molar-refractivity contribution < 1.29 is 10.2 Å². The van der Waals surface area contributed by atoms with Gasteiger partial charge >= 0.3 is 0 Å². The molecule has 1 aromatic heterocycles. The van der Waals surface area contributed by atoms with Crippen molar-refractivity contribution in [3.05, 3.63) is 35.5 Å². The maximum atomic E-state index is 9.41. The highest BCUT2D eigenvalue weighted by atomic mass is 16.3. The third-order valence-electron chi connectivity index (χ3n) is 4.52. The predicted molar refractivity (Wildman–Crippen MR) is 84.4 cm³/mol. The SMILES string of the molecule is CC(CO)(CO)Cn1cc(-c2cccc3c2CCCC3)nn1. The van der Waals surface area contributed by atoms with Crippen LogP contribution in [0.2, 0.25) is 0 Å². The van der Waals surface area contributed by atoms with Crippen LogP contribution in [0.25, 0.3) is 11.3 Å². The van der Waals surface area contributed by atoms with Gasteiger partial charge in [0.05, 0.1) is 26.0 Å². The number of fused-ring (bicyclic) bond motifs is 1. The number of aryl methyl sites for hydroxylation is 1. The molecule has 1 aromatic carbocycles. The highest BCUT2D eigenvalue weighted by Crippen LogP contribution is 2.30. The van der Waals surface area contributed by atoms with Gasteiger partial charge in [-0.2, -0.15) is 0 Å². The van der Waals surface area contributed by atoms with Crippen LogP contribution in [0.15, 0.2) is 24.4 Å². The number of nitrogens with zero attached hydrogens (tertiary/aromatic N) is 3. The fourth-order valence-corrected chi connectivity index (χ4v) is 3.06. The monoisotopic (exact) mass is 301 g/mol. The molecule has 1 aliphatic carbocycles. The van der Waals surface area contributed by atoms with Gasteiger partial charge in [-0.15, -0.1) is 5.10 Å². The van der Waals surface area contributed by atoms with Crippen molar-refractivity contribution in [1.82, 2.24) is 15.0 Å². The van der Waals surface area contributed by atoms with Gasteiger partial charge in [-0.05, 0) is 36.8 Å². The van der Waals surface area contributed by atoms with Crippen molar-refractivity contribution in [2.24, 2.45) is 5.41 Å². The maximum absolute atomic E-state index is 9.41. The van der Waals surface area contributed by atoms with Gasteiger partial charge in [-0.3, -0.25) is 4.68 Å². The Kier molecular flexibility index (Phi) is 4.27. The lowest BCUT2D eigenvalue weighted by Crippen LogP contribution is -2.31. The minimum atomic E-state index is -0.582. The Balaban J connectivity index is 1.88. The zero-order chi connectivity index (χ0) is 15.6. The van der Waals surface area contributed by atoms with Gasteiger partial charge in [0.2, 0.25) is 0 Å². The number of hydrogen-bond donors (Lipinski definition) is 2. The summed E-state index contributed by atoms with van der Waals surface area (Å²) < 4.78 is 1.71. The van der Waals surface area contributed by atoms with Crippen LogP contribution >= 0.6 is 0 Å². The molecule has 1 aliphatic rings. The van der Waals surface area contributed by atoms with E-state index in [0.29, 0.717) is 6.54 Å². The number of benzene rings is 1. The zero-order valence-corrected chi connectivity index (χ0v) is 13.0. The third-order valence-corrected chi connectivity index (χ3v) is 4.52. The fraction of sp³-hybridized carbons (Fsp3) is 0.529. The Labute approximate surface area is 130 Å². The lowest BCUT2D eigenvalue weighted by molar-refractivity contribution is 0.0519. The molecular formula is C17H23N3O2. The minimum absolute atomic E-state index is 0.0839. The molecule has 0 radical (unpaired) electrons. The molecular weight excluding hydrogens is 278 g/mol. The molecule has 0 bridgehead atoms. The van der Waals surface area contributed by atoms with Gasteiger partial charge in [0, 0.05) is 11.0 Å². The highest BCUT2D eigenvalue weighted by molar-refractivity contribution is 5.65. The van der Waals surface area contributed by atoms with Gasteiger partial charge in [0.15, 0.2) is 0 Å². The van der Waals surface area contributed by atoms with E-state index in [-0.39, 0.29) is 13.2 Å². The second kappa shape index (κ2) is 6.18. The predicted octanol–water partition coefficient (Wildman–Crippen LogP) is 1.81. The largest absolute Gasteiger partial charge is 0.396 e. The van der Waals surface area contributed by atoms with E-state index in [4.69, 9.17) is 0 Å². The average molecular weight is 301 g/mol. The topological polar surface area (TPSA) is 71.2 Å². The molecule has 22 heavy (non-hydrogen) atoms. The van der Waals surface area contributed by atoms with E-state index in [1.54, 1.807) is 4.68 Å². The first-order valence-corrected chi connectivity index (χ1v) is 7.88. The molecule has 2 aromatic rings. The van der Waals surface area contributed by atoms with Gasteiger partial charge < -0.3 is 10.2 Å². The molecule has 0 saturated heterocycles. The van der Waals surface area contributed by atoms with Crippen LogP contribution in [-0.4, -0.2) is 38.4 Å². The summed E-state index contributed by atoms with van der Waals surface area (Å²) in [5.74, 6) is 0. The first-order chi connectivity index (χ1) is 10.6. The van der Waals surface area contributed by atoms with Gasteiger partial charge in [-0.25, -0.2) is 0 Å². The van der Waals surface area contributed by atoms with Crippen molar-refractivity contribution in [3.8, 4) is 11.3 Å². The van der Waals surface area contributed by atoms with Crippen LogP contribution in [0.4, 0.5) is 0 Å². The summed E-state index contributed by atoms with van der Waals surface area (Å²) in [7, 11) is 0. The molecule has 0 amide bonds. The van der Waals surface area contributed by atoms with Gasteiger partial charge in [-0.1, -0.05) is 30.3 Å². The second-order valence-corrected chi connectivity index (χ2v) is 6.58. The lowest BCUT2D eigenvalue weighted by atomic mass is 9.87. The molecule has 0 aliphatic heterocycles. The van der Waals surface area contributed by atoms with Crippen molar-refractivity contribution in [3.63, 3.8) is 0 Å². The molecule has 118 valence electrons. The summed E-state index contributed by atoms with van der Waals surface area (Å²) in [6, 6.07) is 6.40. The first kappa shape index (κ1) is 15.2. The minimum Gasteiger partial charge on any atom is -0.396 e. The molecule has 1 heterocycles. The Bertz CT molecular complexity index is 647. The van der Waals surface area contributed by atoms with E-state index < -0.39 is 5.41 Å². The van der Waals surface area contributed by atoms with Crippen LogP contribution in [0.3, 0.4) is 0 Å². The highest BCUT2D eigenvalue weighted by Gasteiger charge is 2.24.